The molecule has 2 N–H and O–H groups in total. The lowest BCUT2D eigenvalue weighted by Crippen LogP contribution is -2.35. The molecule has 0 atom stereocenters. The lowest BCUT2D eigenvalue weighted by Gasteiger charge is -2.05. The van der Waals surface area contributed by atoms with Gasteiger partial charge < -0.3 is 10.1 Å². The van der Waals surface area contributed by atoms with Gasteiger partial charge in [-0.3, -0.25) is 9.36 Å². The van der Waals surface area contributed by atoms with Crippen molar-refractivity contribution in [2.24, 2.45) is 0 Å². The first-order valence-corrected chi connectivity index (χ1v) is 6.51. The molecule has 0 saturated heterocycles. The highest BCUT2D eigenvalue weighted by molar-refractivity contribution is 7.09. The number of nitrogens with one attached hydrogen (secondary N) is 1. The van der Waals surface area contributed by atoms with E-state index in [-0.39, 0.29) is 17.9 Å². The molecule has 0 amide bonds. The molecule has 96 valence electrons. The molecule has 0 aliphatic heterocycles. The molecular formula is C13H10N2O3S. The van der Waals surface area contributed by atoms with Crippen LogP contribution in [0.15, 0.2) is 45.3 Å². The number of phenols is 1. The molecule has 0 bridgehead atoms. The van der Waals surface area contributed by atoms with Crippen LogP contribution in [-0.4, -0.2) is 14.7 Å². The molecule has 3 aromatic rings. The number of aromatic amines is 1. The number of thiophene rings is 1. The molecule has 2 heterocycles. The molecule has 3 rings (SSSR count). The van der Waals surface area contributed by atoms with Gasteiger partial charge in [0.1, 0.15) is 5.75 Å². The summed E-state index contributed by atoms with van der Waals surface area (Å²) in [5.74, 6) is 0.0126. The van der Waals surface area contributed by atoms with Gasteiger partial charge in [-0.25, -0.2) is 4.79 Å². The summed E-state index contributed by atoms with van der Waals surface area (Å²) in [6.45, 7) is 0.253. The molecule has 19 heavy (non-hydrogen) atoms. The zero-order valence-electron chi connectivity index (χ0n) is 9.79. The number of fused-ring (bicyclic) bond motifs is 1. The zero-order chi connectivity index (χ0) is 13.4. The van der Waals surface area contributed by atoms with Crippen molar-refractivity contribution >= 4 is 22.2 Å². The molecule has 0 aliphatic carbocycles. The average Bonchev–Trinajstić information content (AvgIpc) is 2.87. The van der Waals surface area contributed by atoms with Gasteiger partial charge in [-0.15, -0.1) is 11.3 Å². The van der Waals surface area contributed by atoms with Crippen LogP contribution in [0.5, 0.6) is 5.75 Å². The predicted octanol–water partition coefficient (Wildman–Crippen LogP) is 1.51. The monoisotopic (exact) mass is 274 g/mol. The summed E-state index contributed by atoms with van der Waals surface area (Å²) >= 11 is 1.49. The van der Waals surface area contributed by atoms with E-state index >= 15 is 0 Å². The third kappa shape index (κ3) is 2.06. The molecule has 5 nitrogen and oxygen atoms in total. The van der Waals surface area contributed by atoms with Gasteiger partial charge in [-0.1, -0.05) is 6.07 Å². The van der Waals surface area contributed by atoms with Gasteiger partial charge in [0.2, 0.25) is 0 Å². The van der Waals surface area contributed by atoms with E-state index in [1.165, 1.54) is 29.5 Å². The van der Waals surface area contributed by atoms with E-state index in [0.29, 0.717) is 10.9 Å². The fourth-order valence-corrected chi connectivity index (χ4v) is 2.64. The van der Waals surface area contributed by atoms with E-state index < -0.39 is 5.69 Å². The van der Waals surface area contributed by atoms with Gasteiger partial charge in [0, 0.05) is 10.9 Å². The van der Waals surface area contributed by atoms with Gasteiger partial charge in [0.25, 0.3) is 5.56 Å². The summed E-state index contributed by atoms with van der Waals surface area (Å²) in [5.41, 5.74) is -0.485. The average molecular weight is 274 g/mol. The first-order chi connectivity index (χ1) is 9.15. The lowest BCUT2D eigenvalue weighted by molar-refractivity contribution is 0.476. The molecule has 0 aliphatic rings. The maximum atomic E-state index is 12.3. The molecule has 1 aromatic carbocycles. The van der Waals surface area contributed by atoms with Crippen LogP contribution < -0.4 is 11.2 Å². The predicted molar refractivity (Wildman–Crippen MR) is 73.9 cm³/mol. The minimum atomic E-state index is -0.475. The fraction of sp³-hybridized carbons (Fsp3) is 0.0769. The van der Waals surface area contributed by atoms with E-state index in [4.69, 9.17) is 0 Å². The number of phenolic OH excluding ortho intramolecular Hbond substituents is 1. The summed E-state index contributed by atoms with van der Waals surface area (Å²) in [4.78, 5) is 27.7. The van der Waals surface area contributed by atoms with Crippen molar-refractivity contribution in [3.8, 4) is 5.75 Å². The Morgan fingerprint density at radius 1 is 1.26 bits per heavy atom. The third-order valence-corrected chi connectivity index (χ3v) is 3.72. The number of rotatable bonds is 2. The van der Waals surface area contributed by atoms with Crippen molar-refractivity contribution < 1.29 is 5.11 Å². The van der Waals surface area contributed by atoms with Crippen LogP contribution in [0, 0.1) is 0 Å². The molecule has 6 heteroatoms. The van der Waals surface area contributed by atoms with Crippen molar-refractivity contribution in [1.82, 2.24) is 9.55 Å². The van der Waals surface area contributed by atoms with Crippen LogP contribution >= 0.6 is 11.3 Å². The van der Waals surface area contributed by atoms with Crippen LogP contribution in [-0.2, 0) is 6.54 Å². The Kier molecular flexibility index (Phi) is 2.72. The smallest absolute Gasteiger partial charge is 0.329 e. The number of benzene rings is 1. The van der Waals surface area contributed by atoms with Crippen molar-refractivity contribution in [3.05, 3.63) is 61.4 Å². The van der Waals surface area contributed by atoms with Crippen molar-refractivity contribution in [2.75, 3.05) is 0 Å². The van der Waals surface area contributed by atoms with E-state index in [2.05, 4.69) is 4.98 Å². The lowest BCUT2D eigenvalue weighted by atomic mass is 10.2. The van der Waals surface area contributed by atoms with Crippen LogP contribution in [0.1, 0.15) is 4.88 Å². The van der Waals surface area contributed by atoms with E-state index in [1.807, 2.05) is 17.5 Å². The first kappa shape index (κ1) is 11.7. The minimum absolute atomic E-state index is 0.0126. The molecule has 0 radical (unpaired) electrons. The van der Waals surface area contributed by atoms with Crippen LogP contribution in [0.3, 0.4) is 0 Å². The van der Waals surface area contributed by atoms with Crippen molar-refractivity contribution in [3.63, 3.8) is 0 Å². The molecule has 0 fully saturated rings. The summed E-state index contributed by atoms with van der Waals surface area (Å²) in [7, 11) is 0. The van der Waals surface area contributed by atoms with E-state index in [9.17, 15) is 14.7 Å². The Labute approximate surface area is 111 Å². The van der Waals surface area contributed by atoms with Crippen molar-refractivity contribution in [1.29, 1.82) is 0 Å². The Hall–Kier alpha value is -2.34. The maximum absolute atomic E-state index is 12.3. The maximum Gasteiger partial charge on any atom is 0.329 e. The quantitative estimate of drug-likeness (QED) is 0.743. The minimum Gasteiger partial charge on any atom is -0.508 e. The number of hydrogen-bond acceptors (Lipinski definition) is 4. The Bertz CT molecular complexity index is 846. The zero-order valence-corrected chi connectivity index (χ0v) is 10.6. The highest BCUT2D eigenvalue weighted by Crippen LogP contribution is 2.14. The van der Waals surface area contributed by atoms with E-state index in [0.717, 1.165) is 9.44 Å². The number of hydrogen-bond donors (Lipinski definition) is 2. The molecule has 0 unspecified atom stereocenters. The van der Waals surface area contributed by atoms with Crippen LogP contribution in [0.2, 0.25) is 0 Å². The third-order valence-electron chi connectivity index (χ3n) is 2.86. The van der Waals surface area contributed by atoms with E-state index in [1.54, 1.807) is 0 Å². The molecular weight excluding hydrogens is 264 g/mol. The van der Waals surface area contributed by atoms with Gasteiger partial charge >= 0.3 is 5.69 Å². The normalized spacial score (nSPS) is 10.9. The standard InChI is InChI=1S/C13H10N2O3S/c16-8-3-4-10-11(6-8)14-13(18)15(12(10)17)7-9-2-1-5-19-9/h1-6,16H,7H2,(H,14,18). The number of aromatic hydroxyl groups is 1. The molecule has 0 saturated carbocycles. The second-order valence-electron chi connectivity index (χ2n) is 4.13. The number of H-pyrrole nitrogens is 1. The number of aromatic nitrogens is 2. The Morgan fingerprint density at radius 2 is 2.11 bits per heavy atom. The molecule has 2 aromatic heterocycles. The Balaban J connectivity index is 2.23. The highest BCUT2D eigenvalue weighted by Gasteiger charge is 2.08. The van der Waals surface area contributed by atoms with Crippen molar-refractivity contribution in [2.45, 2.75) is 6.54 Å². The van der Waals surface area contributed by atoms with Gasteiger partial charge in [0.15, 0.2) is 0 Å². The fourth-order valence-electron chi connectivity index (χ4n) is 1.94. The second-order valence-corrected chi connectivity index (χ2v) is 5.16. The van der Waals surface area contributed by atoms with Gasteiger partial charge in [-0.05, 0) is 23.6 Å². The number of nitrogens with zero attached hydrogens (tertiary/aromatic N) is 1. The summed E-state index contributed by atoms with van der Waals surface area (Å²) in [6, 6.07) is 8.05. The topological polar surface area (TPSA) is 75.1 Å². The second kappa shape index (κ2) is 4.40. The molecule has 0 spiro atoms. The van der Waals surface area contributed by atoms with Gasteiger partial charge in [-0.2, -0.15) is 0 Å². The summed E-state index contributed by atoms with van der Waals surface area (Å²) < 4.78 is 1.16. The van der Waals surface area contributed by atoms with Crippen LogP contribution in [0.4, 0.5) is 0 Å². The SMILES string of the molecule is O=c1[nH]c2cc(O)ccc2c(=O)n1Cc1cccs1. The summed E-state index contributed by atoms with van der Waals surface area (Å²) in [6.07, 6.45) is 0. The highest BCUT2D eigenvalue weighted by atomic mass is 32.1. The first-order valence-electron chi connectivity index (χ1n) is 5.63. The van der Waals surface area contributed by atoms with Gasteiger partial charge in [0.05, 0.1) is 17.4 Å². The largest absolute Gasteiger partial charge is 0.508 e. The van der Waals surface area contributed by atoms with Crippen LogP contribution in [0.25, 0.3) is 10.9 Å². The Morgan fingerprint density at radius 3 is 2.84 bits per heavy atom. The summed E-state index contributed by atoms with van der Waals surface area (Å²) in [5, 5.41) is 11.6.